The van der Waals surface area contributed by atoms with Crippen LogP contribution in [0.15, 0.2) is 11.8 Å². The molecule has 9 nitrogen and oxygen atoms in total. The van der Waals surface area contributed by atoms with Crippen molar-refractivity contribution in [1.82, 2.24) is 31.1 Å². The van der Waals surface area contributed by atoms with Crippen LogP contribution in [0.1, 0.15) is 58.3 Å². The van der Waals surface area contributed by atoms with Gasteiger partial charge >= 0.3 is 0 Å². The number of piperazine rings is 1. The largest absolute Gasteiger partial charge is 0.378 e. The number of hydrogen-bond acceptors (Lipinski definition) is 8. The lowest BCUT2D eigenvalue weighted by Gasteiger charge is -2.49. The number of allylic oxidation sites excluding steroid dienone is 2. The van der Waals surface area contributed by atoms with E-state index in [1.54, 1.807) is 0 Å². The highest BCUT2D eigenvalue weighted by molar-refractivity contribution is 5.80. The molecule has 0 aromatic heterocycles. The number of carbonyl (C=O) groups excluding carboxylic acids is 1. The van der Waals surface area contributed by atoms with Crippen LogP contribution in [0.25, 0.3) is 0 Å². The van der Waals surface area contributed by atoms with Gasteiger partial charge in [-0.1, -0.05) is 31.8 Å². The Labute approximate surface area is 234 Å². The summed E-state index contributed by atoms with van der Waals surface area (Å²) < 4.78 is 20.6. The van der Waals surface area contributed by atoms with E-state index in [9.17, 15) is 9.18 Å². The molecule has 0 spiro atoms. The number of hydrogen-bond donors (Lipinski definition) is 5. The fraction of sp³-hybridized carbons (Fsp3) is 0.897. The fourth-order valence-corrected chi connectivity index (χ4v) is 7.48. The van der Waals surface area contributed by atoms with Crippen molar-refractivity contribution in [3.63, 3.8) is 0 Å². The van der Waals surface area contributed by atoms with Crippen molar-refractivity contribution in [3.05, 3.63) is 11.8 Å². The summed E-state index contributed by atoms with van der Waals surface area (Å²) in [6.07, 6.45) is 8.95. The molecule has 7 atom stereocenters. The summed E-state index contributed by atoms with van der Waals surface area (Å²) in [6.45, 7) is 9.57. The number of piperidine rings is 1. The molecule has 1 amide bonds. The van der Waals surface area contributed by atoms with Gasteiger partial charge in [0, 0.05) is 63.1 Å². The number of amides is 1. The average Bonchev–Trinajstić information content (AvgIpc) is 3.24. The molecule has 4 fully saturated rings. The van der Waals surface area contributed by atoms with E-state index < -0.39 is 18.3 Å². The van der Waals surface area contributed by atoms with Crippen molar-refractivity contribution >= 4 is 5.91 Å². The first-order chi connectivity index (χ1) is 19.0. The lowest BCUT2D eigenvalue weighted by molar-refractivity contribution is -0.128. The maximum absolute atomic E-state index is 14.8. The lowest BCUT2D eigenvalue weighted by Crippen LogP contribution is -2.67. The Balaban J connectivity index is 1.27. The number of rotatable bonds is 4. The average molecular weight is 550 g/mol. The molecule has 4 aliphatic heterocycles. The molecule has 10 heteroatoms. The highest BCUT2D eigenvalue weighted by atomic mass is 19.1. The first-order valence-electron chi connectivity index (χ1n) is 15.7. The molecule has 5 aliphatic rings. The minimum absolute atomic E-state index is 0.00269. The second-order valence-corrected chi connectivity index (χ2v) is 12.5. The third kappa shape index (κ3) is 7.51. The summed E-state index contributed by atoms with van der Waals surface area (Å²) in [5.41, 5.74) is 7.84. The molecule has 4 heterocycles. The summed E-state index contributed by atoms with van der Waals surface area (Å²) in [5.74, 6) is -0.202. The quantitative estimate of drug-likeness (QED) is 0.330. The SMILES string of the molecule is CC1NCC(F)C/C=C(/C2CCCCCC2)NC(N)C1C(=O)NC1CNCCC1N1CCN2CCOC[C@@H]2C1. The van der Waals surface area contributed by atoms with Gasteiger partial charge in [-0.25, -0.2) is 4.39 Å². The number of nitrogens with one attached hydrogen (secondary N) is 4. The first-order valence-corrected chi connectivity index (χ1v) is 15.7. The minimum Gasteiger partial charge on any atom is -0.378 e. The molecule has 1 aliphatic carbocycles. The zero-order chi connectivity index (χ0) is 27.2. The molecule has 0 bridgehead atoms. The molecule has 0 aromatic rings. The molecule has 0 aromatic carbocycles. The van der Waals surface area contributed by atoms with Crippen LogP contribution in [0.4, 0.5) is 4.39 Å². The Morgan fingerprint density at radius 1 is 1.10 bits per heavy atom. The summed E-state index contributed by atoms with van der Waals surface area (Å²) in [7, 11) is 0. The van der Waals surface area contributed by atoms with E-state index in [4.69, 9.17) is 10.5 Å². The van der Waals surface area contributed by atoms with Crippen LogP contribution in [0.5, 0.6) is 0 Å². The standard InChI is InChI=1S/C29H52FN7O2/c1-20-27(28(31)34-24(9-8-22(30)16-33-20)21-6-4-2-3-5-7-21)29(38)35-25-17-32-11-10-26(25)37-13-12-36-14-15-39-19-23(36)18-37/h9,20-23,25-28,32-34H,2-8,10-19,31H2,1H3,(H,35,38)/b24-9-/t20?,22?,23-,25?,26?,27?,28?/m0/s1. The van der Waals surface area contributed by atoms with Crippen LogP contribution in [0.2, 0.25) is 0 Å². The Morgan fingerprint density at radius 3 is 2.72 bits per heavy atom. The van der Waals surface area contributed by atoms with Crippen LogP contribution in [-0.4, -0.2) is 111 Å². The van der Waals surface area contributed by atoms with Gasteiger partial charge in [-0.2, -0.15) is 0 Å². The highest BCUT2D eigenvalue weighted by Gasteiger charge is 2.40. The topological polar surface area (TPSA) is 107 Å². The maximum atomic E-state index is 14.8. The Morgan fingerprint density at radius 2 is 1.90 bits per heavy atom. The van der Waals surface area contributed by atoms with Crippen molar-refractivity contribution < 1.29 is 13.9 Å². The highest BCUT2D eigenvalue weighted by Crippen LogP contribution is 2.29. The minimum atomic E-state index is -0.984. The van der Waals surface area contributed by atoms with Gasteiger partial charge in [0.2, 0.25) is 5.91 Å². The monoisotopic (exact) mass is 549 g/mol. The van der Waals surface area contributed by atoms with Gasteiger partial charge in [0.1, 0.15) is 6.17 Å². The zero-order valence-electron chi connectivity index (χ0n) is 23.9. The van der Waals surface area contributed by atoms with E-state index in [-0.39, 0.29) is 30.6 Å². The lowest BCUT2D eigenvalue weighted by atomic mass is 9.90. The number of halogens is 1. The second kappa shape index (κ2) is 14.0. The van der Waals surface area contributed by atoms with E-state index in [0.717, 1.165) is 77.4 Å². The van der Waals surface area contributed by atoms with Crippen LogP contribution in [0, 0.1) is 11.8 Å². The van der Waals surface area contributed by atoms with E-state index in [1.165, 1.54) is 25.7 Å². The van der Waals surface area contributed by atoms with Gasteiger partial charge in [-0.05, 0) is 45.1 Å². The molecule has 6 unspecified atom stereocenters. The van der Waals surface area contributed by atoms with E-state index in [0.29, 0.717) is 18.4 Å². The number of morpholine rings is 1. The normalized spacial score (nSPS) is 39.9. The summed E-state index contributed by atoms with van der Waals surface area (Å²) in [4.78, 5) is 19.1. The number of ether oxygens (including phenoxy) is 1. The molecule has 1 saturated carbocycles. The smallest absolute Gasteiger partial charge is 0.228 e. The van der Waals surface area contributed by atoms with Gasteiger partial charge < -0.3 is 31.7 Å². The van der Waals surface area contributed by atoms with E-state index in [2.05, 4.69) is 31.1 Å². The molecule has 3 saturated heterocycles. The van der Waals surface area contributed by atoms with Crippen LogP contribution in [-0.2, 0) is 9.53 Å². The van der Waals surface area contributed by atoms with Crippen molar-refractivity contribution in [2.24, 2.45) is 17.6 Å². The number of nitrogens with zero attached hydrogens (tertiary/aromatic N) is 2. The Bertz CT molecular complexity index is 823. The van der Waals surface area contributed by atoms with Crippen molar-refractivity contribution in [2.75, 3.05) is 59.0 Å². The predicted octanol–water partition coefficient (Wildman–Crippen LogP) is 0.914. The van der Waals surface area contributed by atoms with Crippen LogP contribution < -0.4 is 27.0 Å². The zero-order valence-corrected chi connectivity index (χ0v) is 23.9. The van der Waals surface area contributed by atoms with Gasteiger partial charge in [-0.15, -0.1) is 0 Å². The van der Waals surface area contributed by atoms with Gasteiger partial charge in [-0.3, -0.25) is 14.6 Å². The van der Waals surface area contributed by atoms with Crippen LogP contribution >= 0.6 is 0 Å². The molecule has 0 radical (unpaired) electrons. The molecular weight excluding hydrogens is 497 g/mol. The van der Waals surface area contributed by atoms with Crippen molar-refractivity contribution in [2.45, 2.75) is 94.8 Å². The molecular formula is C29H52FN7O2. The molecule has 222 valence electrons. The van der Waals surface area contributed by atoms with Crippen molar-refractivity contribution in [1.29, 1.82) is 0 Å². The Hall–Kier alpha value is -1.30. The predicted molar refractivity (Wildman–Crippen MR) is 152 cm³/mol. The third-order valence-electron chi connectivity index (χ3n) is 9.82. The second-order valence-electron chi connectivity index (χ2n) is 12.5. The maximum Gasteiger partial charge on any atom is 0.228 e. The number of fused-ring (bicyclic) bond motifs is 1. The molecule has 5 rings (SSSR count). The van der Waals surface area contributed by atoms with Gasteiger partial charge in [0.15, 0.2) is 0 Å². The molecule has 39 heavy (non-hydrogen) atoms. The van der Waals surface area contributed by atoms with Crippen molar-refractivity contribution in [3.8, 4) is 0 Å². The Kier molecular flexibility index (Phi) is 10.5. The summed E-state index contributed by atoms with van der Waals surface area (Å²) in [5, 5.41) is 13.7. The van der Waals surface area contributed by atoms with Gasteiger partial charge in [0.25, 0.3) is 0 Å². The van der Waals surface area contributed by atoms with Crippen LogP contribution in [0.3, 0.4) is 0 Å². The van der Waals surface area contributed by atoms with E-state index in [1.807, 2.05) is 13.0 Å². The summed E-state index contributed by atoms with van der Waals surface area (Å²) >= 11 is 0. The summed E-state index contributed by atoms with van der Waals surface area (Å²) in [6, 6.07) is 0.463. The third-order valence-corrected chi connectivity index (χ3v) is 9.82. The van der Waals surface area contributed by atoms with E-state index >= 15 is 0 Å². The first kappa shape index (κ1) is 29.2. The fourth-order valence-electron chi connectivity index (χ4n) is 7.48. The van der Waals surface area contributed by atoms with Gasteiger partial charge in [0.05, 0.1) is 31.3 Å². The number of alkyl halides is 1. The molecule has 6 N–H and O–H groups in total. The number of carbonyl (C=O) groups is 1. The number of nitrogens with two attached hydrogens (primary N) is 1.